The molecule has 0 atom stereocenters. The highest BCUT2D eigenvalue weighted by molar-refractivity contribution is 5.76. The van der Waals surface area contributed by atoms with Gasteiger partial charge >= 0.3 is 0 Å². The molecule has 1 fully saturated rings. The van der Waals surface area contributed by atoms with E-state index in [2.05, 4.69) is 35.5 Å². The van der Waals surface area contributed by atoms with Gasteiger partial charge in [0.1, 0.15) is 5.75 Å². The number of rotatable bonds is 7. The van der Waals surface area contributed by atoms with E-state index < -0.39 is 0 Å². The Morgan fingerprint density at radius 1 is 1.38 bits per heavy atom. The van der Waals surface area contributed by atoms with Gasteiger partial charge < -0.3 is 15.0 Å². The Morgan fingerprint density at radius 2 is 2.24 bits per heavy atom. The standard InChI is InChI=1S/C17H24N2O2/c1-19(10-7-17(20)18-15-3-4-15)9-6-13-2-5-16-14(12-13)8-11-21-16/h2,5,12,15H,3-4,6-11H2,1H3,(H,18,20). The predicted octanol–water partition coefficient (Wildman–Crippen LogP) is 1.76. The van der Waals surface area contributed by atoms with Gasteiger partial charge in [-0.1, -0.05) is 12.1 Å². The van der Waals surface area contributed by atoms with E-state index >= 15 is 0 Å². The molecule has 4 nitrogen and oxygen atoms in total. The third kappa shape index (κ3) is 4.21. The van der Waals surface area contributed by atoms with Gasteiger partial charge in [-0.15, -0.1) is 0 Å². The van der Waals surface area contributed by atoms with Crippen LogP contribution in [0, 0.1) is 0 Å². The molecule has 1 aliphatic carbocycles. The average molecular weight is 288 g/mol. The van der Waals surface area contributed by atoms with E-state index in [1.807, 2.05) is 0 Å². The lowest BCUT2D eigenvalue weighted by molar-refractivity contribution is -0.121. The molecule has 21 heavy (non-hydrogen) atoms. The lowest BCUT2D eigenvalue weighted by atomic mass is 10.1. The second kappa shape index (κ2) is 6.48. The smallest absolute Gasteiger partial charge is 0.221 e. The number of carbonyl (C=O) groups is 1. The van der Waals surface area contributed by atoms with Crippen LogP contribution in [0.15, 0.2) is 18.2 Å². The number of hydrogen-bond acceptors (Lipinski definition) is 3. The first-order valence-electron chi connectivity index (χ1n) is 7.93. The van der Waals surface area contributed by atoms with Crippen molar-refractivity contribution in [2.75, 3.05) is 26.7 Å². The first kappa shape index (κ1) is 14.4. The van der Waals surface area contributed by atoms with Crippen LogP contribution in [0.5, 0.6) is 5.75 Å². The van der Waals surface area contributed by atoms with Crippen molar-refractivity contribution in [3.8, 4) is 5.75 Å². The van der Waals surface area contributed by atoms with Crippen LogP contribution in [0.4, 0.5) is 0 Å². The third-order valence-electron chi connectivity index (χ3n) is 4.20. The molecule has 1 heterocycles. The lowest BCUT2D eigenvalue weighted by Crippen LogP contribution is -2.30. The summed E-state index contributed by atoms with van der Waals surface area (Å²) in [4.78, 5) is 13.9. The molecule has 1 aliphatic heterocycles. The number of nitrogens with zero attached hydrogens (tertiary/aromatic N) is 1. The molecule has 0 aromatic heterocycles. The van der Waals surface area contributed by atoms with Gasteiger partial charge in [-0.25, -0.2) is 0 Å². The van der Waals surface area contributed by atoms with E-state index in [-0.39, 0.29) is 5.91 Å². The Kier molecular flexibility index (Phi) is 4.44. The molecule has 3 rings (SSSR count). The maximum absolute atomic E-state index is 11.6. The van der Waals surface area contributed by atoms with Crippen LogP contribution < -0.4 is 10.1 Å². The van der Waals surface area contributed by atoms with Crippen molar-refractivity contribution in [1.82, 2.24) is 10.2 Å². The van der Waals surface area contributed by atoms with Gasteiger partial charge in [0.25, 0.3) is 0 Å². The molecule has 0 bridgehead atoms. The third-order valence-corrected chi connectivity index (χ3v) is 4.20. The number of amides is 1. The summed E-state index contributed by atoms with van der Waals surface area (Å²) in [6.45, 7) is 2.62. The monoisotopic (exact) mass is 288 g/mol. The number of benzene rings is 1. The normalized spacial score (nSPS) is 16.7. The van der Waals surface area contributed by atoms with E-state index in [0.29, 0.717) is 12.5 Å². The largest absolute Gasteiger partial charge is 0.493 e. The summed E-state index contributed by atoms with van der Waals surface area (Å²) in [6, 6.07) is 6.96. The lowest BCUT2D eigenvalue weighted by Gasteiger charge is -2.16. The fraction of sp³-hybridized carbons (Fsp3) is 0.588. The maximum Gasteiger partial charge on any atom is 0.221 e. The van der Waals surface area contributed by atoms with Gasteiger partial charge in [0.05, 0.1) is 6.61 Å². The van der Waals surface area contributed by atoms with Gasteiger partial charge in [-0.2, -0.15) is 0 Å². The molecule has 0 saturated heterocycles. The summed E-state index contributed by atoms with van der Waals surface area (Å²) < 4.78 is 5.53. The van der Waals surface area contributed by atoms with E-state index in [9.17, 15) is 4.79 Å². The Labute approximate surface area is 126 Å². The SMILES string of the molecule is CN(CCC(=O)NC1CC1)CCc1ccc2c(c1)CCO2. The van der Waals surface area contributed by atoms with Gasteiger partial charge in [0.15, 0.2) is 0 Å². The van der Waals surface area contributed by atoms with Crippen LogP contribution in [0.25, 0.3) is 0 Å². The Bertz CT molecular complexity index is 512. The van der Waals surface area contributed by atoms with Gasteiger partial charge in [0.2, 0.25) is 5.91 Å². The Hall–Kier alpha value is -1.55. The van der Waals surface area contributed by atoms with Crippen LogP contribution in [0.1, 0.15) is 30.4 Å². The van der Waals surface area contributed by atoms with Crippen LogP contribution in [0.3, 0.4) is 0 Å². The van der Waals surface area contributed by atoms with Crippen molar-refractivity contribution in [2.24, 2.45) is 0 Å². The number of likely N-dealkylation sites (N-methyl/N-ethyl adjacent to an activating group) is 1. The highest BCUT2D eigenvalue weighted by Crippen LogP contribution is 2.26. The summed E-state index contributed by atoms with van der Waals surface area (Å²) in [5.74, 6) is 1.24. The van der Waals surface area contributed by atoms with Crippen molar-refractivity contribution < 1.29 is 9.53 Å². The van der Waals surface area contributed by atoms with E-state index in [1.54, 1.807) is 0 Å². The fourth-order valence-corrected chi connectivity index (χ4v) is 2.65. The van der Waals surface area contributed by atoms with Crippen molar-refractivity contribution in [3.05, 3.63) is 29.3 Å². The summed E-state index contributed by atoms with van der Waals surface area (Å²) in [6.07, 6.45) is 4.96. The second-order valence-corrected chi connectivity index (χ2v) is 6.19. The average Bonchev–Trinajstić information content (AvgIpc) is 3.16. The molecule has 0 unspecified atom stereocenters. The zero-order chi connectivity index (χ0) is 14.7. The van der Waals surface area contributed by atoms with Crippen LogP contribution in [0.2, 0.25) is 0 Å². The molecule has 1 aromatic rings. The molecule has 1 N–H and O–H groups in total. The first-order chi connectivity index (χ1) is 10.2. The molecule has 0 spiro atoms. The predicted molar refractivity (Wildman–Crippen MR) is 82.6 cm³/mol. The van der Waals surface area contributed by atoms with Crippen LogP contribution >= 0.6 is 0 Å². The summed E-state index contributed by atoms with van der Waals surface area (Å²) >= 11 is 0. The molecule has 114 valence electrons. The number of fused-ring (bicyclic) bond motifs is 1. The van der Waals surface area contributed by atoms with Crippen molar-refractivity contribution >= 4 is 5.91 Å². The van der Waals surface area contributed by atoms with E-state index in [1.165, 1.54) is 11.1 Å². The number of carbonyl (C=O) groups excluding carboxylic acids is 1. The fourth-order valence-electron chi connectivity index (χ4n) is 2.65. The summed E-state index contributed by atoms with van der Waals surface area (Å²) in [5, 5.41) is 3.03. The molecule has 0 radical (unpaired) electrons. The first-order valence-corrected chi connectivity index (χ1v) is 7.93. The summed E-state index contributed by atoms with van der Waals surface area (Å²) in [5.41, 5.74) is 2.69. The van der Waals surface area contributed by atoms with Gasteiger partial charge in [-0.3, -0.25) is 4.79 Å². The zero-order valence-electron chi connectivity index (χ0n) is 12.7. The summed E-state index contributed by atoms with van der Waals surface area (Å²) in [7, 11) is 2.08. The quantitative estimate of drug-likeness (QED) is 0.831. The minimum atomic E-state index is 0.194. The number of nitrogens with one attached hydrogen (secondary N) is 1. The number of ether oxygens (including phenoxy) is 1. The highest BCUT2D eigenvalue weighted by Gasteiger charge is 2.22. The van der Waals surface area contributed by atoms with Gasteiger partial charge in [-0.05, 0) is 43.5 Å². The van der Waals surface area contributed by atoms with Crippen molar-refractivity contribution in [2.45, 2.75) is 38.1 Å². The minimum absolute atomic E-state index is 0.194. The Morgan fingerprint density at radius 3 is 3.05 bits per heavy atom. The second-order valence-electron chi connectivity index (χ2n) is 6.19. The topological polar surface area (TPSA) is 41.6 Å². The molecule has 2 aliphatic rings. The number of hydrogen-bond donors (Lipinski definition) is 1. The molecule has 1 amide bonds. The van der Waals surface area contributed by atoms with Crippen molar-refractivity contribution in [3.63, 3.8) is 0 Å². The Balaban J connectivity index is 1.38. The van der Waals surface area contributed by atoms with E-state index in [0.717, 1.165) is 51.1 Å². The molecule has 1 saturated carbocycles. The molecular formula is C17H24N2O2. The van der Waals surface area contributed by atoms with Gasteiger partial charge in [0, 0.05) is 32.0 Å². The molecule has 1 aromatic carbocycles. The van der Waals surface area contributed by atoms with Crippen LogP contribution in [-0.4, -0.2) is 43.6 Å². The zero-order valence-corrected chi connectivity index (χ0v) is 12.7. The van der Waals surface area contributed by atoms with Crippen LogP contribution in [-0.2, 0) is 17.6 Å². The maximum atomic E-state index is 11.6. The van der Waals surface area contributed by atoms with E-state index in [4.69, 9.17) is 4.74 Å². The molecule has 4 heteroatoms. The van der Waals surface area contributed by atoms with Crippen molar-refractivity contribution in [1.29, 1.82) is 0 Å². The minimum Gasteiger partial charge on any atom is -0.493 e. The molecular weight excluding hydrogens is 264 g/mol. The highest BCUT2D eigenvalue weighted by atomic mass is 16.5.